The third-order valence-corrected chi connectivity index (χ3v) is 3.27. The van der Waals surface area contributed by atoms with Crippen LogP contribution in [0.2, 0.25) is 0 Å². The molecule has 5 heteroatoms. The van der Waals surface area contributed by atoms with Crippen LogP contribution in [0.3, 0.4) is 0 Å². The van der Waals surface area contributed by atoms with E-state index >= 15 is 0 Å². The fraction of sp³-hybridized carbons (Fsp3) is 0.917. The summed E-state index contributed by atoms with van der Waals surface area (Å²) in [7, 11) is 0. The summed E-state index contributed by atoms with van der Waals surface area (Å²) in [4.78, 5) is 11.9. The molecule has 0 saturated heterocycles. The van der Waals surface area contributed by atoms with Gasteiger partial charge in [0.25, 0.3) is 0 Å². The SMILES string of the molecule is CC(C)(C)[C@H](N)C(=O)N[C@@H]1CCCC[C@H]1O.Cl. The average molecular weight is 265 g/mol. The van der Waals surface area contributed by atoms with Crippen LogP contribution in [0, 0.1) is 5.41 Å². The fourth-order valence-corrected chi connectivity index (χ4v) is 1.95. The third kappa shape index (κ3) is 4.82. The molecule has 0 heterocycles. The van der Waals surface area contributed by atoms with Gasteiger partial charge in [-0.05, 0) is 18.3 Å². The first-order valence-electron chi connectivity index (χ1n) is 6.06. The monoisotopic (exact) mass is 264 g/mol. The van der Waals surface area contributed by atoms with Crippen LogP contribution in [0.5, 0.6) is 0 Å². The molecule has 1 amide bonds. The van der Waals surface area contributed by atoms with E-state index < -0.39 is 12.1 Å². The van der Waals surface area contributed by atoms with Gasteiger partial charge >= 0.3 is 0 Å². The summed E-state index contributed by atoms with van der Waals surface area (Å²) in [6, 6.07) is -0.642. The van der Waals surface area contributed by atoms with Crippen molar-refractivity contribution < 1.29 is 9.90 Å². The highest BCUT2D eigenvalue weighted by Gasteiger charge is 2.31. The number of amides is 1. The third-order valence-electron chi connectivity index (χ3n) is 3.27. The standard InChI is InChI=1S/C12H24N2O2.ClH/c1-12(2,3)10(13)11(16)14-8-6-4-5-7-9(8)15;/h8-10,15H,4-7,13H2,1-3H3,(H,14,16);1H/t8-,9-,10-;/m1./s1. The van der Waals surface area contributed by atoms with Crippen LogP contribution in [-0.4, -0.2) is 29.2 Å². The lowest BCUT2D eigenvalue weighted by atomic mass is 9.86. The van der Waals surface area contributed by atoms with E-state index in [0.29, 0.717) is 0 Å². The smallest absolute Gasteiger partial charge is 0.237 e. The average Bonchev–Trinajstić information content (AvgIpc) is 2.19. The van der Waals surface area contributed by atoms with Crippen LogP contribution in [0.1, 0.15) is 46.5 Å². The van der Waals surface area contributed by atoms with E-state index in [1.165, 1.54) is 0 Å². The molecule has 0 radical (unpaired) electrons. The number of aliphatic hydroxyl groups is 1. The van der Waals surface area contributed by atoms with Crippen molar-refractivity contribution in [1.82, 2.24) is 5.32 Å². The summed E-state index contributed by atoms with van der Waals surface area (Å²) < 4.78 is 0. The molecule has 3 atom stereocenters. The molecule has 1 rings (SSSR count). The first-order valence-corrected chi connectivity index (χ1v) is 6.06. The molecule has 1 saturated carbocycles. The predicted octanol–water partition coefficient (Wildman–Crippen LogP) is 1.20. The number of rotatable bonds is 2. The molecule has 0 aliphatic heterocycles. The predicted molar refractivity (Wildman–Crippen MR) is 71.1 cm³/mol. The van der Waals surface area contributed by atoms with E-state index in [4.69, 9.17) is 5.73 Å². The molecule has 0 unspecified atom stereocenters. The molecule has 0 aromatic heterocycles. The van der Waals surface area contributed by atoms with Gasteiger partial charge in [-0.1, -0.05) is 33.6 Å². The topological polar surface area (TPSA) is 75.4 Å². The van der Waals surface area contributed by atoms with Crippen molar-refractivity contribution in [3.05, 3.63) is 0 Å². The summed E-state index contributed by atoms with van der Waals surface area (Å²) in [5.74, 6) is -0.154. The Labute approximate surface area is 110 Å². The molecule has 1 aliphatic carbocycles. The van der Waals surface area contributed by atoms with Crippen molar-refractivity contribution in [3.63, 3.8) is 0 Å². The Bertz CT molecular complexity index is 253. The number of nitrogens with one attached hydrogen (secondary N) is 1. The summed E-state index contributed by atoms with van der Waals surface area (Å²) in [6.07, 6.45) is 3.32. The van der Waals surface area contributed by atoms with Gasteiger partial charge in [0.1, 0.15) is 0 Å². The quantitative estimate of drug-likeness (QED) is 0.702. The second-order valence-electron chi connectivity index (χ2n) is 5.81. The Balaban J connectivity index is 0.00000256. The maximum absolute atomic E-state index is 11.9. The van der Waals surface area contributed by atoms with Gasteiger partial charge < -0.3 is 16.2 Å². The zero-order chi connectivity index (χ0) is 12.3. The van der Waals surface area contributed by atoms with Crippen molar-refractivity contribution >= 4 is 18.3 Å². The summed E-state index contributed by atoms with van der Waals surface area (Å²) in [5, 5.41) is 12.6. The van der Waals surface area contributed by atoms with Gasteiger partial charge in [0.05, 0.1) is 18.2 Å². The summed E-state index contributed by atoms with van der Waals surface area (Å²) in [6.45, 7) is 5.82. The van der Waals surface area contributed by atoms with Gasteiger partial charge in [0, 0.05) is 0 Å². The highest BCUT2D eigenvalue weighted by molar-refractivity contribution is 5.85. The minimum absolute atomic E-state index is 0. The van der Waals surface area contributed by atoms with Gasteiger partial charge in [-0.15, -0.1) is 12.4 Å². The maximum atomic E-state index is 11.9. The minimum Gasteiger partial charge on any atom is -0.391 e. The Morgan fingerprint density at radius 2 is 1.88 bits per heavy atom. The van der Waals surface area contributed by atoms with Gasteiger partial charge in [0.2, 0.25) is 5.91 Å². The Morgan fingerprint density at radius 3 is 2.35 bits per heavy atom. The lowest BCUT2D eigenvalue weighted by molar-refractivity contribution is -0.126. The molecule has 0 aromatic carbocycles. The number of hydrogen-bond donors (Lipinski definition) is 3. The zero-order valence-corrected chi connectivity index (χ0v) is 11.7. The van der Waals surface area contributed by atoms with Crippen LogP contribution in [0.25, 0.3) is 0 Å². The van der Waals surface area contributed by atoms with E-state index in [1.54, 1.807) is 0 Å². The van der Waals surface area contributed by atoms with Crippen molar-refractivity contribution in [1.29, 1.82) is 0 Å². The van der Waals surface area contributed by atoms with Crippen LogP contribution >= 0.6 is 12.4 Å². The lowest BCUT2D eigenvalue weighted by Crippen LogP contribution is -2.54. The van der Waals surface area contributed by atoms with Crippen molar-refractivity contribution in [2.45, 2.75) is 64.6 Å². The van der Waals surface area contributed by atoms with E-state index in [0.717, 1.165) is 25.7 Å². The number of carbonyl (C=O) groups excluding carboxylic acids is 1. The van der Waals surface area contributed by atoms with Crippen molar-refractivity contribution in [2.24, 2.45) is 11.1 Å². The number of hydrogen-bond acceptors (Lipinski definition) is 3. The van der Waals surface area contributed by atoms with Crippen molar-refractivity contribution in [3.8, 4) is 0 Å². The van der Waals surface area contributed by atoms with Crippen LogP contribution in [0.4, 0.5) is 0 Å². The normalized spacial score (nSPS) is 26.9. The number of halogens is 1. The molecule has 1 aliphatic rings. The first kappa shape index (κ1) is 16.7. The van der Waals surface area contributed by atoms with Crippen LogP contribution < -0.4 is 11.1 Å². The van der Waals surface area contributed by atoms with Crippen molar-refractivity contribution in [2.75, 3.05) is 0 Å². The van der Waals surface area contributed by atoms with Crippen LogP contribution in [0.15, 0.2) is 0 Å². The fourth-order valence-electron chi connectivity index (χ4n) is 1.95. The highest BCUT2D eigenvalue weighted by Crippen LogP contribution is 2.21. The molecular formula is C12H25ClN2O2. The first-order chi connectivity index (χ1) is 7.32. The molecular weight excluding hydrogens is 240 g/mol. The van der Waals surface area contributed by atoms with E-state index in [-0.39, 0.29) is 29.8 Å². The Hall–Kier alpha value is -0.320. The van der Waals surface area contributed by atoms with Gasteiger partial charge in [-0.3, -0.25) is 4.79 Å². The molecule has 102 valence electrons. The minimum atomic E-state index is -0.526. The van der Waals surface area contributed by atoms with Crippen LogP contribution in [-0.2, 0) is 4.79 Å². The molecule has 17 heavy (non-hydrogen) atoms. The zero-order valence-electron chi connectivity index (χ0n) is 10.9. The number of carbonyl (C=O) groups is 1. The highest BCUT2D eigenvalue weighted by atomic mass is 35.5. The Kier molecular flexibility index (Phi) is 6.45. The molecule has 4 nitrogen and oxygen atoms in total. The van der Waals surface area contributed by atoms with E-state index in [1.807, 2.05) is 20.8 Å². The molecule has 0 bridgehead atoms. The van der Waals surface area contributed by atoms with Gasteiger partial charge in [0.15, 0.2) is 0 Å². The molecule has 0 aromatic rings. The molecule has 1 fully saturated rings. The Morgan fingerprint density at radius 1 is 1.35 bits per heavy atom. The van der Waals surface area contributed by atoms with Gasteiger partial charge in [-0.2, -0.15) is 0 Å². The summed E-state index contributed by atoms with van der Waals surface area (Å²) >= 11 is 0. The van der Waals surface area contributed by atoms with E-state index in [2.05, 4.69) is 5.32 Å². The molecule has 0 spiro atoms. The van der Waals surface area contributed by atoms with E-state index in [9.17, 15) is 9.90 Å². The maximum Gasteiger partial charge on any atom is 0.237 e. The lowest BCUT2D eigenvalue weighted by Gasteiger charge is -2.32. The number of nitrogens with two attached hydrogens (primary N) is 1. The largest absolute Gasteiger partial charge is 0.391 e. The number of aliphatic hydroxyl groups excluding tert-OH is 1. The summed E-state index contributed by atoms with van der Waals surface area (Å²) in [5.41, 5.74) is 5.62. The molecule has 4 N–H and O–H groups in total. The van der Waals surface area contributed by atoms with Gasteiger partial charge in [-0.25, -0.2) is 0 Å². The second kappa shape index (κ2) is 6.57. The second-order valence-corrected chi connectivity index (χ2v) is 5.81.